The van der Waals surface area contributed by atoms with E-state index in [0.29, 0.717) is 11.7 Å². The van der Waals surface area contributed by atoms with Crippen LogP contribution in [-0.2, 0) is 4.79 Å². The molecule has 2 aromatic heterocycles. The lowest BCUT2D eigenvalue weighted by molar-refractivity contribution is -0.119. The standard InChI is InChI=1S/C19H20FN3OS2/c1-11(2)12(3)23-17(24)9-25-19-18-15(21-10-22-19)8-16(26-18)13-4-6-14(20)7-5-13/h4-8,10-12H,9H2,1-3H3,(H,23,24)/t12-/m0/s1. The first kappa shape index (κ1) is 18.8. The molecular formula is C19H20FN3OS2. The Kier molecular flexibility index (Phi) is 5.88. The molecule has 0 radical (unpaired) electrons. The zero-order valence-corrected chi connectivity index (χ0v) is 16.5. The Morgan fingerprint density at radius 1 is 1.23 bits per heavy atom. The van der Waals surface area contributed by atoms with Crippen molar-refractivity contribution in [1.29, 1.82) is 0 Å². The first-order valence-corrected chi connectivity index (χ1v) is 10.2. The van der Waals surface area contributed by atoms with Gasteiger partial charge >= 0.3 is 0 Å². The molecule has 0 bridgehead atoms. The molecule has 0 aliphatic heterocycles. The molecule has 1 aromatic carbocycles. The number of carbonyl (C=O) groups is 1. The normalized spacial score (nSPS) is 12.5. The number of halogens is 1. The van der Waals surface area contributed by atoms with E-state index in [2.05, 4.69) is 29.1 Å². The van der Waals surface area contributed by atoms with E-state index in [1.165, 1.54) is 30.2 Å². The zero-order chi connectivity index (χ0) is 18.7. The molecule has 1 atom stereocenters. The van der Waals surface area contributed by atoms with Crippen molar-refractivity contribution >= 4 is 39.2 Å². The van der Waals surface area contributed by atoms with E-state index >= 15 is 0 Å². The van der Waals surface area contributed by atoms with Gasteiger partial charge in [0.05, 0.1) is 16.0 Å². The summed E-state index contributed by atoms with van der Waals surface area (Å²) >= 11 is 2.96. The van der Waals surface area contributed by atoms with Crippen LogP contribution < -0.4 is 5.32 Å². The van der Waals surface area contributed by atoms with Crippen LogP contribution in [0, 0.1) is 11.7 Å². The van der Waals surface area contributed by atoms with Crippen molar-refractivity contribution in [3.05, 3.63) is 42.5 Å². The molecule has 0 aliphatic rings. The summed E-state index contributed by atoms with van der Waals surface area (Å²) in [6.07, 6.45) is 1.51. The van der Waals surface area contributed by atoms with Crippen LogP contribution >= 0.6 is 23.1 Å². The average molecular weight is 390 g/mol. The third-order valence-electron chi connectivity index (χ3n) is 4.14. The highest BCUT2D eigenvalue weighted by atomic mass is 32.2. The lowest BCUT2D eigenvalue weighted by Gasteiger charge is -2.17. The van der Waals surface area contributed by atoms with Crippen molar-refractivity contribution in [3.63, 3.8) is 0 Å². The quantitative estimate of drug-likeness (QED) is 0.488. The minimum absolute atomic E-state index is 0.00160. The Morgan fingerprint density at radius 3 is 2.65 bits per heavy atom. The number of thiophene rings is 1. The van der Waals surface area contributed by atoms with E-state index in [4.69, 9.17) is 0 Å². The molecule has 3 aromatic rings. The Bertz CT molecular complexity index is 909. The maximum absolute atomic E-state index is 13.1. The number of rotatable bonds is 6. The van der Waals surface area contributed by atoms with Gasteiger partial charge in [-0.05, 0) is 36.6 Å². The molecular weight excluding hydrogens is 369 g/mol. The van der Waals surface area contributed by atoms with Crippen LogP contribution in [0.1, 0.15) is 20.8 Å². The number of benzene rings is 1. The van der Waals surface area contributed by atoms with E-state index in [0.717, 1.165) is 25.7 Å². The van der Waals surface area contributed by atoms with Crippen LogP contribution in [0.15, 0.2) is 41.7 Å². The second-order valence-electron chi connectivity index (χ2n) is 6.40. The molecule has 26 heavy (non-hydrogen) atoms. The fourth-order valence-corrected chi connectivity index (χ4v) is 4.30. The van der Waals surface area contributed by atoms with Gasteiger partial charge in [0.25, 0.3) is 0 Å². The van der Waals surface area contributed by atoms with E-state index in [-0.39, 0.29) is 17.8 Å². The minimum Gasteiger partial charge on any atom is -0.353 e. The summed E-state index contributed by atoms with van der Waals surface area (Å²) in [5.74, 6) is 0.448. The smallest absolute Gasteiger partial charge is 0.230 e. The van der Waals surface area contributed by atoms with Crippen LogP contribution in [0.25, 0.3) is 20.7 Å². The fraction of sp³-hybridized carbons (Fsp3) is 0.316. The summed E-state index contributed by atoms with van der Waals surface area (Å²) in [6, 6.07) is 8.50. The Morgan fingerprint density at radius 2 is 1.96 bits per heavy atom. The van der Waals surface area contributed by atoms with Crippen molar-refractivity contribution < 1.29 is 9.18 Å². The van der Waals surface area contributed by atoms with E-state index in [1.807, 2.05) is 13.0 Å². The molecule has 0 aliphatic carbocycles. The number of hydrogen-bond donors (Lipinski definition) is 1. The molecule has 7 heteroatoms. The lowest BCUT2D eigenvalue weighted by atomic mass is 10.1. The third kappa shape index (κ3) is 4.40. The fourth-order valence-electron chi connectivity index (χ4n) is 2.29. The van der Waals surface area contributed by atoms with Crippen molar-refractivity contribution in [2.45, 2.75) is 31.8 Å². The molecule has 1 amide bonds. The predicted molar refractivity (Wildman–Crippen MR) is 106 cm³/mol. The van der Waals surface area contributed by atoms with E-state index < -0.39 is 0 Å². The SMILES string of the molecule is CC(C)[C@H](C)NC(=O)CSc1ncnc2cc(-c3ccc(F)cc3)sc12. The van der Waals surface area contributed by atoms with Gasteiger partial charge in [-0.3, -0.25) is 4.79 Å². The highest BCUT2D eigenvalue weighted by Crippen LogP contribution is 2.36. The number of thioether (sulfide) groups is 1. The summed E-state index contributed by atoms with van der Waals surface area (Å²) < 4.78 is 14.1. The van der Waals surface area contributed by atoms with Gasteiger partial charge in [-0.25, -0.2) is 14.4 Å². The van der Waals surface area contributed by atoms with Crippen molar-refractivity contribution in [2.24, 2.45) is 5.92 Å². The number of aromatic nitrogens is 2. The first-order valence-electron chi connectivity index (χ1n) is 8.36. The number of fused-ring (bicyclic) bond motifs is 1. The van der Waals surface area contributed by atoms with Crippen LogP contribution in [0.4, 0.5) is 4.39 Å². The number of hydrogen-bond acceptors (Lipinski definition) is 5. The number of nitrogens with zero attached hydrogens (tertiary/aromatic N) is 2. The van der Waals surface area contributed by atoms with Crippen molar-refractivity contribution in [1.82, 2.24) is 15.3 Å². The second-order valence-corrected chi connectivity index (χ2v) is 8.42. The number of nitrogens with one attached hydrogen (secondary N) is 1. The lowest BCUT2D eigenvalue weighted by Crippen LogP contribution is -2.37. The number of amides is 1. The zero-order valence-electron chi connectivity index (χ0n) is 14.8. The third-order valence-corrected chi connectivity index (χ3v) is 6.43. The van der Waals surface area contributed by atoms with Gasteiger partial charge in [-0.15, -0.1) is 11.3 Å². The molecule has 0 saturated heterocycles. The van der Waals surface area contributed by atoms with E-state index in [1.54, 1.807) is 23.5 Å². The molecule has 3 rings (SSSR count). The number of carbonyl (C=O) groups excluding carboxylic acids is 1. The maximum atomic E-state index is 13.1. The van der Waals surface area contributed by atoms with Crippen LogP contribution in [-0.4, -0.2) is 27.7 Å². The molecule has 0 spiro atoms. The Balaban J connectivity index is 1.77. The summed E-state index contributed by atoms with van der Waals surface area (Å²) in [5.41, 5.74) is 1.77. The summed E-state index contributed by atoms with van der Waals surface area (Å²) in [5, 5.41) is 3.79. The van der Waals surface area contributed by atoms with E-state index in [9.17, 15) is 9.18 Å². The Hall–Kier alpha value is -1.99. The summed E-state index contributed by atoms with van der Waals surface area (Å²) in [6.45, 7) is 6.16. The maximum Gasteiger partial charge on any atom is 0.230 e. The largest absolute Gasteiger partial charge is 0.353 e. The molecule has 0 fully saturated rings. The highest BCUT2D eigenvalue weighted by Gasteiger charge is 2.14. The van der Waals surface area contributed by atoms with Gasteiger partial charge in [-0.1, -0.05) is 37.7 Å². The monoisotopic (exact) mass is 389 g/mol. The molecule has 4 nitrogen and oxygen atoms in total. The molecule has 2 heterocycles. The van der Waals surface area contributed by atoms with Crippen LogP contribution in [0.5, 0.6) is 0 Å². The highest BCUT2D eigenvalue weighted by molar-refractivity contribution is 8.00. The van der Waals surface area contributed by atoms with Gasteiger partial charge in [0.1, 0.15) is 17.2 Å². The first-order chi connectivity index (χ1) is 12.4. The van der Waals surface area contributed by atoms with Gasteiger partial charge < -0.3 is 5.32 Å². The van der Waals surface area contributed by atoms with Gasteiger partial charge in [0, 0.05) is 10.9 Å². The van der Waals surface area contributed by atoms with Crippen LogP contribution in [0.3, 0.4) is 0 Å². The Labute approximate surface area is 160 Å². The van der Waals surface area contributed by atoms with Crippen molar-refractivity contribution in [2.75, 3.05) is 5.75 Å². The summed E-state index contributed by atoms with van der Waals surface area (Å²) in [7, 11) is 0. The predicted octanol–water partition coefficient (Wildman–Crippen LogP) is 4.75. The second kappa shape index (κ2) is 8.14. The summed E-state index contributed by atoms with van der Waals surface area (Å²) in [4.78, 5) is 21.8. The molecule has 0 unspecified atom stereocenters. The van der Waals surface area contributed by atoms with Gasteiger partial charge in [0.2, 0.25) is 5.91 Å². The van der Waals surface area contributed by atoms with Gasteiger partial charge in [0.15, 0.2) is 0 Å². The molecule has 1 N–H and O–H groups in total. The molecule has 136 valence electrons. The van der Waals surface area contributed by atoms with Crippen molar-refractivity contribution in [3.8, 4) is 10.4 Å². The minimum atomic E-state index is -0.257. The average Bonchev–Trinajstić information content (AvgIpc) is 3.05. The molecule has 0 saturated carbocycles. The topological polar surface area (TPSA) is 54.9 Å². The van der Waals surface area contributed by atoms with Crippen LogP contribution in [0.2, 0.25) is 0 Å². The van der Waals surface area contributed by atoms with Gasteiger partial charge in [-0.2, -0.15) is 0 Å².